The highest BCUT2D eigenvalue weighted by Gasteiger charge is 2.26. The van der Waals surface area contributed by atoms with Gasteiger partial charge in [0.25, 0.3) is 0 Å². The van der Waals surface area contributed by atoms with Crippen molar-refractivity contribution in [3.63, 3.8) is 0 Å². The smallest absolute Gasteiger partial charge is 0.227 e. The third-order valence-electron chi connectivity index (χ3n) is 8.20. The minimum absolute atomic E-state index is 0.0981. The van der Waals surface area contributed by atoms with Gasteiger partial charge in [-0.25, -0.2) is 4.98 Å². The molecule has 9 heteroatoms. The number of ketones is 1. The maximum absolute atomic E-state index is 12.2. The summed E-state index contributed by atoms with van der Waals surface area (Å²) in [6, 6.07) is 1.48. The van der Waals surface area contributed by atoms with Crippen LogP contribution in [0, 0.1) is 5.92 Å². The zero-order chi connectivity index (χ0) is 24.4. The van der Waals surface area contributed by atoms with Crippen LogP contribution in [-0.4, -0.2) is 68.0 Å². The van der Waals surface area contributed by atoms with Crippen LogP contribution in [0.15, 0.2) is 6.33 Å². The predicted octanol–water partition coefficient (Wildman–Crippen LogP) is 3.72. The highest BCUT2D eigenvalue weighted by Crippen LogP contribution is 2.33. The minimum atomic E-state index is 0.0981. The van der Waals surface area contributed by atoms with Gasteiger partial charge in [0.05, 0.1) is 12.9 Å². The number of aromatic nitrogens is 4. The molecule has 35 heavy (non-hydrogen) atoms. The second-order valence-electron chi connectivity index (χ2n) is 11.2. The Morgan fingerprint density at radius 3 is 2.37 bits per heavy atom. The van der Waals surface area contributed by atoms with E-state index in [-0.39, 0.29) is 5.92 Å². The van der Waals surface area contributed by atoms with Gasteiger partial charge < -0.3 is 20.9 Å². The van der Waals surface area contributed by atoms with Crippen LogP contribution in [-0.2, 0) is 4.79 Å². The van der Waals surface area contributed by atoms with Gasteiger partial charge in [-0.05, 0) is 51.4 Å². The average Bonchev–Trinajstić information content (AvgIpc) is 3.52. The maximum atomic E-state index is 12.2. The highest BCUT2D eigenvalue weighted by atomic mass is 16.1. The molecule has 0 amide bonds. The number of nitrogens with two attached hydrogens (primary N) is 1. The van der Waals surface area contributed by atoms with E-state index < -0.39 is 0 Å². The summed E-state index contributed by atoms with van der Waals surface area (Å²) >= 11 is 0. The number of hydrogen-bond donors (Lipinski definition) is 3. The van der Waals surface area contributed by atoms with E-state index in [0.717, 1.165) is 68.6 Å². The van der Waals surface area contributed by atoms with Crippen LogP contribution in [0.5, 0.6) is 0 Å². The molecule has 1 aliphatic heterocycles. The first-order chi connectivity index (χ1) is 17.0. The first-order valence-electron chi connectivity index (χ1n) is 13.7. The predicted molar refractivity (Wildman–Crippen MR) is 140 cm³/mol. The van der Waals surface area contributed by atoms with Crippen LogP contribution >= 0.6 is 0 Å². The fraction of sp³-hybridized carbons (Fsp3) is 0.769. The van der Waals surface area contributed by atoms with E-state index in [1.54, 1.807) is 0 Å². The second-order valence-corrected chi connectivity index (χ2v) is 11.2. The van der Waals surface area contributed by atoms with Crippen molar-refractivity contribution in [2.24, 2.45) is 11.7 Å². The lowest BCUT2D eigenvalue weighted by molar-refractivity contribution is -0.123. The Morgan fingerprint density at radius 2 is 1.69 bits per heavy atom. The number of anilines is 2. The third-order valence-corrected chi connectivity index (χ3v) is 8.20. The van der Waals surface area contributed by atoms with Crippen LogP contribution in [0.3, 0.4) is 0 Å². The molecular weight excluding hydrogens is 440 g/mol. The topological polar surface area (TPSA) is 114 Å². The van der Waals surface area contributed by atoms with Gasteiger partial charge in [0.2, 0.25) is 5.95 Å². The van der Waals surface area contributed by atoms with Crippen LogP contribution in [0.1, 0.15) is 84.1 Å². The number of nitrogens with one attached hydrogen (secondary N) is 2. The largest absolute Gasteiger partial charge is 0.365 e. The van der Waals surface area contributed by atoms with Crippen LogP contribution in [0.25, 0.3) is 11.2 Å². The molecule has 2 aliphatic carbocycles. The van der Waals surface area contributed by atoms with Gasteiger partial charge in [0.15, 0.2) is 17.0 Å². The Balaban J connectivity index is 1.33. The number of Topliss-reactive ketones (excluding diaryl/α,β-unsaturated/α-hetero) is 1. The van der Waals surface area contributed by atoms with Gasteiger partial charge in [-0.1, -0.05) is 26.7 Å². The second kappa shape index (κ2) is 10.8. The first-order valence-corrected chi connectivity index (χ1v) is 13.7. The SMILES string of the molecule is CC(C)C(=O)CN1CCC(Nc2nc(NC3CCC(N)CC3)nc3c2ncn3C2CCCC2)CC1. The molecule has 2 aromatic heterocycles. The molecule has 3 heterocycles. The average molecular weight is 483 g/mol. The number of hydrogen-bond acceptors (Lipinski definition) is 8. The number of imidazole rings is 1. The van der Waals surface area contributed by atoms with Crippen molar-refractivity contribution in [2.45, 2.75) is 102 Å². The van der Waals surface area contributed by atoms with Gasteiger partial charge in [0.1, 0.15) is 5.78 Å². The summed E-state index contributed by atoms with van der Waals surface area (Å²) in [5, 5.41) is 7.32. The van der Waals surface area contributed by atoms with E-state index in [2.05, 4.69) is 20.1 Å². The molecule has 0 radical (unpaired) electrons. The van der Waals surface area contributed by atoms with E-state index in [1.807, 2.05) is 20.2 Å². The van der Waals surface area contributed by atoms with Gasteiger partial charge in [-0.3, -0.25) is 9.69 Å². The molecule has 192 valence electrons. The molecule has 9 nitrogen and oxygen atoms in total. The number of nitrogens with zero attached hydrogens (tertiary/aromatic N) is 5. The molecular formula is C26H42N8O. The number of rotatable bonds is 8. The fourth-order valence-electron chi connectivity index (χ4n) is 5.81. The molecule has 1 saturated heterocycles. The first kappa shape index (κ1) is 24.4. The quantitative estimate of drug-likeness (QED) is 0.522. The van der Waals surface area contributed by atoms with Crippen molar-refractivity contribution in [1.29, 1.82) is 0 Å². The molecule has 3 fully saturated rings. The summed E-state index contributed by atoms with van der Waals surface area (Å²) in [6.45, 7) is 6.37. The monoisotopic (exact) mass is 482 g/mol. The zero-order valence-electron chi connectivity index (χ0n) is 21.4. The molecule has 0 unspecified atom stereocenters. The Morgan fingerprint density at radius 1 is 1.00 bits per heavy atom. The molecule has 0 spiro atoms. The molecule has 2 aromatic rings. The highest BCUT2D eigenvalue weighted by molar-refractivity contribution is 5.84. The molecule has 0 atom stereocenters. The Bertz CT molecular complexity index is 998. The summed E-state index contributed by atoms with van der Waals surface area (Å²) in [4.78, 5) is 29.1. The maximum Gasteiger partial charge on any atom is 0.227 e. The Kier molecular flexibility index (Phi) is 7.53. The van der Waals surface area contributed by atoms with Gasteiger partial charge >= 0.3 is 0 Å². The number of piperidine rings is 1. The lowest BCUT2D eigenvalue weighted by Gasteiger charge is -2.32. The summed E-state index contributed by atoms with van der Waals surface area (Å²) in [7, 11) is 0. The normalized spacial score (nSPS) is 24.9. The zero-order valence-corrected chi connectivity index (χ0v) is 21.4. The molecule has 2 saturated carbocycles. The third kappa shape index (κ3) is 5.77. The lowest BCUT2D eigenvalue weighted by Crippen LogP contribution is -2.42. The van der Waals surface area contributed by atoms with Crippen molar-refractivity contribution in [2.75, 3.05) is 30.3 Å². The Labute approximate surface area is 208 Å². The van der Waals surface area contributed by atoms with Crippen LogP contribution in [0.2, 0.25) is 0 Å². The molecule has 4 N–H and O–H groups in total. The molecule has 3 aliphatic rings. The van der Waals surface area contributed by atoms with Crippen molar-refractivity contribution in [3.8, 4) is 0 Å². The molecule has 0 bridgehead atoms. The van der Waals surface area contributed by atoms with Crippen LogP contribution < -0.4 is 16.4 Å². The molecule has 0 aromatic carbocycles. The summed E-state index contributed by atoms with van der Waals surface area (Å²) in [6.07, 6.45) is 13.1. The number of likely N-dealkylation sites (tertiary alicyclic amines) is 1. The van der Waals surface area contributed by atoms with Gasteiger partial charge in [0, 0.05) is 43.2 Å². The standard InChI is InChI=1S/C26H42N8O/c1-17(2)22(35)15-33-13-11-20(12-14-33)29-24-23-25(34(16-28-23)21-5-3-4-6-21)32-26(31-24)30-19-9-7-18(27)8-10-19/h16-21H,3-15,27H2,1-2H3,(H2,29,30,31,32). The fourth-order valence-corrected chi connectivity index (χ4v) is 5.81. The van der Waals surface area contributed by atoms with Crippen molar-refractivity contribution >= 4 is 28.7 Å². The van der Waals surface area contributed by atoms with Crippen molar-refractivity contribution in [1.82, 2.24) is 24.4 Å². The number of fused-ring (bicyclic) bond motifs is 1. The number of carbonyl (C=O) groups excluding carboxylic acids is 1. The van der Waals surface area contributed by atoms with Gasteiger partial charge in [-0.15, -0.1) is 0 Å². The minimum Gasteiger partial charge on any atom is -0.365 e. The Hall–Kier alpha value is -2.26. The van der Waals surface area contributed by atoms with E-state index >= 15 is 0 Å². The lowest BCUT2D eigenvalue weighted by atomic mass is 9.92. The number of carbonyl (C=O) groups is 1. The summed E-state index contributed by atoms with van der Waals surface area (Å²) in [5.41, 5.74) is 7.92. The van der Waals surface area contributed by atoms with Gasteiger partial charge in [-0.2, -0.15) is 9.97 Å². The van der Waals surface area contributed by atoms with E-state index in [1.165, 1.54) is 25.7 Å². The van der Waals surface area contributed by atoms with Crippen molar-refractivity contribution < 1.29 is 4.79 Å². The van der Waals surface area contributed by atoms with E-state index in [0.29, 0.717) is 42.4 Å². The summed E-state index contributed by atoms with van der Waals surface area (Å²) in [5.74, 6) is 1.95. The van der Waals surface area contributed by atoms with Crippen LogP contribution in [0.4, 0.5) is 11.8 Å². The van der Waals surface area contributed by atoms with E-state index in [4.69, 9.17) is 20.7 Å². The summed E-state index contributed by atoms with van der Waals surface area (Å²) < 4.78 is 2.28. The van der Waals surface area contributed by atoms with Crippen molar-refractivity contribution in [3.05, 3.63) is 6.33 Å². The van der Waals surface area contributed by atoms with E-state index in [9.17, 15) is 4.79 Å². The molecule has 5 rings (SSSR count).